The van der Waals surface area contributed by atoms with Gasteiger partial charge in [0, 0.05) is 12.1 Å². The van der Waals surface area contributed by atoms with E-state index < -0.39 is 0 Å². The van der Waals surface area contributed by atoms with Gasteiger partial charge in [-0.05, 0) is 31.5 Å². The summed E-state index contributed by atoms with van der Waals surface area (Å²) in [5.74, 6) is 0.356. The van der Waals surface area contributed by atoms with Crippen molar-refractivity contribution in [2.45, 2.75) is 27.3 Å². The van der Waals surface area contributed by atoms with Crippen LogP contribution in [0, 0.1) is 18.7 Å². The fourth-order valence-electron chi connectivity index (χ4n) is 1.89. The van der Waals surface area contributed by atoms with E-state index in [0.29, 0.717) is 18.0 Å². The van der Waals surface area contributed by atoms with E-state index in [2.05, 4.69) is 29.5 Å². The summed E-state index contributed by atoms with van der Waals surface area (Å²) < 4.78 is 15.3. The first-order valence-electron chi connectivity index (χ1n) is 6.45. The van der Waals surface area contributed by atoms with Crippen LogP contribution in [0.5, 0.6) is 0 Å². The molecule has 2 rings (SSSR count). The van der Waals surface area contributed by atoms with Gasteiger partial charge in [-0.25, -0.2) is 9.07 Å². The number of aromatic nitrogens is 3. The molecular weight excluding hydrogens is 243 g/mol. The van der Waals surface area contributed by atoms with Gasteiger partial charge >= 0.3 is 0 Å². The number of hydrogen-bond donors (Lipinski definition) is 1. The Balaban J connectivity index is 2.21. The number of nitrogens with zero attached hydrogens (tertiary/aromatic N) is 3. The van der Waals surface area contributed by atoms with E-state index in [9.17, 15) is 4.39 Å². The summed E-state index contributed by atoms with van der Waals surface area (Å²) in [5.41, 5.74) is 2.24. The lowest BCUT2D eigenvalue weighted by Gasteiger charge is -2.11. The van der Waals surface area contributed by atoms with Crippen molar-refractivity contribution in [3.8, 4) is 5.69 Å². The maximum Gasteiger partial charge on any atom is 0.128 e. The SMILES string of the molecule is Cc1c(F)cccc1-n1nncc1CNCC(C)C. The van der Waals surface area contributed by atoms with Crippen molar-refractivity contribution in [3.05, 3.63) is 41.5 Å². The van der Waals surface area contributed by atoms with E-state index in [0.717, 1.165) is 17.9 Å². The van der Waals surface area contributed by atoms with Gasteiger partial charge in [0.15, 0.2) is 0 Å². The Kier molecular flexibility index (Phi) is 4.27. The monoisotopic (exact) mass is 262 g/mol. The second-order valence-corrected chi connectivity index (χ2v) is 5.05. The Morgan fingerprint density at radius 2 is 2.16 bits per heavy atom. The molecule has 1 aromatic carbocycles. The van der Waals surface area contributed by atoms with Gasteiger partial charge in [-0.1, -0.05) is 25.1 Å². The minimum Gasteiger partial charge on any atom is -0.311 e. The van der Waals surface area contributed by atoms with Crippen molar-refractivity contribution in [2.75, 3.05) is 6.54 Å². The molecule has 0 spiro atoms. The molecule has 0 aliphatic carbocycles. The quantitative estimate of drug-likeness (QED) is 0.900. The predicted molar refractivity (Wildman–Crippen MR) is 72.6 cm³/mol. The van der Waals surface area contributed by atoms with Crippen molar-refractivity contribution in [1.29, 1.82) is 0 Å². The zero-order valence-corrected chi connectivity index (χ0v) is 11.5. The third kappa shape index (κ3) is 3.17. The fraction of sp³-hybridized carbons (Fsp3) is 0.429. The van der Waals surface area contributed by atoms with Crippen molar-refractivity contribution in [1.82, 2.24) is 20.3 Å². The Morgan fingerprint density at radius 3 is 2.89 bits per heavy atom. The average Bonchev–Trinajstić information content (AvgIpc) is 2.80. The summed E-state index contributed by atoms with van der Waals surface area (Å²) in [5, 5.41) is 11.3. The van der Waals surface area contributed by atoms with Crippen LogP contribution < -0.4 is 5.32 Å². The van der Waals surface area contributed by atoms with Crippen molar-refractivity contribution < 1.29 is 4.39 Å². The zero-order valence-electron chi connectivity index (χ0n) is 11.5. The number of rotatable bonds is 5. The summed E-state index contributed by atoms with van der Waals surface area (Å²) in [6, 6.07) is 4.98. The summed E-state index contributed by atoms with van der Waals surface area (Å²) in [6.45, 7) is 7.64. The number of hydrogen-bond acceptors (Lipinski definition) is 3. The summed E-state index contributed by atoms with van der Waals surface area (Å²) in [7, 11) is 0. The normalized spacial score (nSPS) is 11.2. The lowest BCUT2D eigenvalue weighted by atomic mass is 10.2. The second kappa shape index (κ2) is 5.93. The molecule has 1 aromatic heterocycles. The summed E-state index contributed by atoms with van der Waals surface area (Å²) in [6.07, 6.45) is 1.71. The maximum atomic E-state index is 13.6. The van der Waals surface area contributed by atoms with Gasteiger partial charge in [0.25, 0.3) is 0 Å². The lowest BCUT2D eigenvalue weighted by Crippen LogP contribution is -2.21. The molecule has 0 radical (unpaired) electrons. The molecule has 19 heavy (non-hydrogen) atoms. The molecule has 1 N–H and O–H groups in total. The van der Waals surface area contributed by atoms with Gasteiger partial charge in [0.05, 0.1) is 17.6 Å². The third-order valence-corrected chi connectivity index (χ3v) is 2.95. The third-order valence-electron chi connectivity index (χ3n) is 2.95. The van der Waals surface area contributed by atoms with Crippen LogP contribution in [-0.4, -0.2) is 21.5 Å². The molecule has 0 saturated heterocycles. The van der Waals surface area contributed by atoms with Gasteiger partial charge in [0.1, 0.15) is 5.82 Å². The molecule has 1 heterocycles. The first-order chi connectivity index (χ1) is 9.09. The van der Waals surface area contributed by atoms with Gasteiger partial charge in [-0.2, -0.15) is 0 Å². The highest BCUT2D eigenvalue weighted by Gasteiger charge is 2.10. The minimum absolute atomic E-state index is 0.228. The Hall–Kier alpha value is -1.75. The van der Waals surface area contributed by atoms with Crippen LogP contribution in [0.4, 0.5) is 4.39 Å². The Labute approximate surface area is 112 Å². The topological polar surface area (TPSA) is 42.7 Å². The molecular formula is C14H19FN4. The van der Waals surface area contributed by atoms with E-state index in [1.807, 2.05) is 6.07 Å². The van der Waals surface area contributed by atoms with E-state index in [1.165, 1.54) is 6.07 Å². The maximum absolute atomic E-state index is 13.6. The van der Waals surface area contributed by atoms with Crippen molar-refractivity contribution in [2.24, 2.45) is 5.92 Å². The number of nitrogens with one attached hydrogen (secondary N) is 1. The fourth-order valence-corrected chi connectivity index (χ4v) is 1.89. The van der Waals surface area contributed by atoms with Crippen LogP contribution in [-0.2, 0) is 6.54 Å². The standard InChI is InChI=1S/C14H19FN4/c1-10(2)7-16-8-12-9-17-18-19(12)14-6-4-5-13(15)11(14)3/h4-6,9-10,16H,7-8H2,1-3H3. The van der Waals surface area contributed by atoms with E-state index in [1.54, 1.807) is 23.9 Å². The molecule has 0 aliphatic rings. The molecule has 2 aromatic rings. The molecule has 0 aliphatic heterocycles. The molecule has 0 amide bonds. The number of benzene rings is 1. The first kappa shape index (κ1) is 13.7. The first-order valence-corrected chi connectivity index (χ1v) is 6.45. The molecule has 5 heteroatoms. The zero-order chi connectivity index (χ0) is 13.8. The number of halogens is 1. The average molecular weight is 262 g/mol. The second-order valence-electron chi connectivity index (χ2n) is 5.05. The summed E-state index contributed by atoms with van der Waals surface area (Å²) in [4.78, 5) is 0. The highest BCUT2D eigenvalue weighted by Crippen LogP contribution is 2.17. The summed E-state index contributed by atoms with van der Waals surface area (Å²) >= 11 is 0. The molecule has 0 atom stereocenters. The van der Waals surface area contributed by atoms with Gasteiger partial charge < -0.3 is 5.32 Å². The van der Waals surface area contributed by atoms with Crippen LogP contribution in [0.25, 0.3) is 5.69 Å². The minimum atomic E-state index is -0.228. The smallest absolute Gasteiger partial charge is 0.128 e. The predicted octanol–water partition coefficient (Wildman–Crippen LogP) is 2.46. The highest BCUT2D eigenvalue weighted by atomic mass is 19.1. The molecule has 0 unspecified atom stereocenters. The van der Waals surface area contributed by atoms with Crippen molar-refractivity contribution in [3.63, 3.8) is 0 Å². The lowest BCUT2D eigenvalue weighted by molar-refractivity contribution is 0.541. The van der Waals surface area contributed by atoms with Gasteiger partial charge in [0.2, 0.25) is 0 Å². The van der Waals surface area contributed by atoms with Crippen LogP contribution in [0.1, 0.15) is 25.1 Å². The molecule has 102 valence electrons. The van der Waals surface area contributed by atoms with E-state index in [-0.39, 0.29) is 5.82 Å². The molecule has 0 bridgehead atoms. The van der Waals surface area contributed by atoms with Gasteiger partial charge in [-0.15, -0.1) is 5.10 Å². The van der Waals surface area contributed by atoms with Crippen LogP contribution in [0.3, 0.4) is 0 Å². The van der Waals surface area contributed by atoms with Crippen molar-refractivity contribution >= 4 is 0 Å². The molecule has 0 saturated carbocycles. The molecule has 4 nitrogen and oxygen atoms in total. The molecule has 0 fully saturated rings. The van der Waals surface area contributed by atoms with Crippen LogP contribution in [0.15, 0.2) is 24.4 Å². The van der Waals surface area contributed by atoms with Crippen LogP contribution in [0.2, 0.25) is 0 Å². The van der Waals surface area contributed by atoms with Crippen LogP contribution >= 0.6 is 0 Å². The Morgan fingerprint density at radius 1 is 1.37 bits per heavy atom. The van der Waals surface area contributed by atoms with E-state index in [4.69, 9.17) is 0 Å². The van der Waals surface area contributed by atoms with E-state index >= 15 is 0 Å². The Bertz CT molecular complexity index is 548. The largest absolute Gasteiger partial charge is 0.311 e. The van der Waals surface area contributed by atoms with Gasteiger partial charge in [-0.3, -0.25) is 0 Å². The highest BCUT2D eigenvalue weighted by molar-refractivity contribution is 5.41.